The molecule has 0 amide bonds. The Bertz CT molecular complexity index is 482. The lowest BCUT2D eigenvalue weighted by Gasteiger charge is -2.30. The van der Waals surface area contributed by atoms with Gasteiger partial charge in [0.1, 0.15) is 17.1 Å². The first kappa shape index (κ1) is 11.1. The quantitative estimate of drug-likeness (QED) is 0.722. The number of ether oxygens (including phenoxy) is 1. The van der Waals surface area contributed by atoms with Crippen LogP contribution in [-0.2, 0) is 0 Å². The van der Waals surface area contributed by atoms with Gasteiger partial charge in [0, 0.05) is 11.1 Å². The van der Waals surface area contributed by atoms with Crippen molar-refractivity contribution in [2.24, 2.45) is 0 Å². The van der Waals surface area contributed by atoms with Crippen molar-refractivity contribution < 1.29 is 9.84 Å². The topological polar surface area (TPSA) is 29.5 Å². The van der Waals surface area contributed by atoms with E-state index in [4.69, 9.17) is 4.74 Å². The molecule has 16 heavy (non-hydrogen) atoms. The van der Waals surface area contributed by atoms with Crippen molar-refractivity contribution in [1.82, 2.24) is 0 Å². The molecule has 1 aliphatic heterocycles. The first-order valence-electron chi connectivity index (χ1n) is 5.54. The van der Waals surface area contributed by atoms with E-state index in [-0.39, 0.29) is 5.60 Å². The molecular weight excluding hydrogens is 200 g/mol. The van der Waals surface area contributed by atoms with Gasteiger partial charge in [-0.1, -0.05) is 6.08 Å². The molecule has 2 nitrogen and oxygen atoms in total. The summed E-state index contributed by atoms with van der Waals surface area (Å²) in [5.41, 5.74) is 3.55. The molecule has 0 saturated heterocycles. The van der Waals surface area contributed by atoms with E-state index in [1.54, 1.807) is 0 Å². The molecule has 1 N–H and O–H groups in total. The third-order valence-electron chi connectivity index (χ3n) is 3.28. The summed E-state index contributed by atoms with van der Waals surface area (Å²) in [6.45, 7) is 9.90. The molecule has 0 bridgehead atoms. The van der Waals surface area contributed by atoms with Crippen molar-refractivity contribution in [3.05, 3.63) is 28.3 Å². The van der Waals surface area contributed by atoms with Gasteiger partial charge in [-0.15, -0.1) is 0 Å². The highest BCUT2D eigenvalue weighted by molar-refractivity contribution is 5.71. The Morgan fingerprint density at radius 2 is 1.69 bits per heavy atom. The smallest absolute Gasteiger partial charge is 0.131 e. The molecule has 0 aromatic heterocycles. The molecule has 0 saturated carbocycles. The Hall–Kier alpha value is -1.44. The molecular formula is C14H18O2. The van der Waals surface area contributed by atoms with Crippen LogP contribution in [0.3, 0.4) is 0 Å². The van der Waals surface area contributed by atoms with E-state index in [0.717, 1.165) is 28.0 Å². The number of fused-ring (bicyclic) bond motifs is 1. The zero-order chi connectivity index (χ0) is 12.1. The van der Waals surface area contributed by atoms with E-state index < -0.39 is 0 Å². The van der Waals surface area contributed by atoms with Gasteiger partial charge in [0.25, 0.3) is 0 Å². The number of phenols is 1. The van der Waals surface area contributed by atoms with Gasteiger partial charge in [0.2, 0.25) is 0 Å². The van der Waals surface area contributed by atoms with E-state index >= 15 is 0 Å². The van der Waals surface area contributed by atoms with Crippen molar-refractivity contribution in [1.29, 1.82) is 0 Å². The molecule has 1 heterocycles. The minimum atomic E-state index is -0.270. The standard InChI is InChI=1S/C14H18O2/c1-8-9(2)13-11(10(3)12(8)15)6-7-14(4,5)16-13/h6-7,15H,1-5H3. The maximum absolute atomic E-state index is 9.98. The highest BCUT2D eigenvalue weighted by Gasteiger charge is 2.26. The summed E-state index contributed by atoms with van der Waals surface area (Å²) < 4.78 is 5.97. The van der Waals surface area contributed by atoms with E-state index in [1.807, 2.05) is 46.8 Å². The monoisotopic (exact) mass is 218 g/mol. The molecule has 0 fully saturated rings. The zero-order valence-corrected chi connectivity index (χ0v) is 10.5. The number of aromatic hydroxyl groups is 1. The fourth-order valence-electron chi connectivity index (χ4n) is 2.04. The first-order valence-corrected chi connectivity index (χ1v) is 5.54. The van der Waals surface area contributed by atoms with Crippen molar-refractivity contribution >= 4 is 6.08 Å². The van der Waals surface area contributed by atoms with Crippen LogP contribution in [0.15, 0.2) is 6.08 Å². The second-order valence-electron chi connectivity index (χ2n) is 5.01. The Morgan fingerprint density at radius 3 is 2.31 bits per heavy atom. The maximum atomic E-state index is 9.98. The number of benzene rings is 1. The van der Waals surface area contributed by atoms with Crippen LogP contribution in [0.1, 0.15) is 36.1 Å². The molecule has 0 atom stereocenters. The fraction of sp³-hybridized carbons (Fsp3) is 0.429. The van der Waals surface area contributed by atoms with E-state index in [1.165, 1.54) is 0 Å². The van der Waals surface area contributed by atoms with Crippen molar-refractivity contribution in [2.45, 2.75) is 40.2 Å². The van der Waals surface area contributed by atoms with Gasteiger partial charge < -0.3 is 9.84 Å². The van der Waals surface area contributed by atoms with Gasteiger partial charge in [-0.25, -0.2) is 0 Å². The summed E-state index contributed by atoms with van der Waals surface area (Å²) in [6, 6.07) is 0. The van der Waals surface area contributed by atoms with Crippen molar-refractivity contribution in [3.8, 4) is 11.5 Å². The molecule has 2 heteroatoms. The number of rotatable bonds is 0. The molecule has 1 aliphatic rings. The minimum absolute atomic E-state index is 0.270. The molecule has 2 rings (SSSR count). The molecule has 0 spiro atoms. The summed E-state index contributed by atoms with van der Waals surface area (Å²) in [7, 11) is 0. The minimum Gasteiger partial charge on any atom is -0.507 e. The highest BCUT2D eigenvalue weighted by atomic mass is 16.5. The maximum Gasteiger partial charge on any atom is 0.131 e. The predicted molar refractivity (Wildman–Crippen MR) is 66.1 cm³/mol. The van der Waals surface area contributed by atoms with Crippen molar-refractivity contribution in [2.75, 3.05) is 0 Å². The Balaban J connectivity index is 2.73. The molecule has 0 aliphatic carbocycles. The summed E-state index contributed by atoms with van der Waals surface area (Å²) in [4.78, 5) is 0. The van der Waals surface area contributed by atoms with E-state index in [2.05, 4.69) is 0 Å². The second-order valence-corrected chi connectivity index (χ2v) is 5.01. The van der Waals surface area contributed by atoms with Crippen LogP contribution >= 0.6 is 0 Å². The van der Waals surface area contributed by atoms with Crippen LogP contribution in [0.5, 0.6) is 11.5 Å². The first-order chi connectivity index (χ1) is 7.33. The number of phenolic OH excluding ortho intramolecular Hbond substituents is 1. The molecule has 0 unspecified atom stereocenters. The van der Waals surface area contributed by atoms with Crippen LogP contribution in [0, 0.1) is 20.8 Å². The van der Waals surface area contributed by atoms with Gasteiger partial charge in [0.05, 0.1) is 0 Å². The average Bonchev–Trinajstić information content (AvgIpc) is 2.22. The van der Waals surface area contributed by atoms with Gasteiger partial charge in [-0.2, -0.15) is 0 Å². The molecule has 1 aromatic carbocycles. The second kappa shape index (κ2) is 3.27. The summed E-state index contributed by atoms with van der Waals surface area (Å²) in [5.74, 6) is 1.28. The summed E-state index contributed by atoms with van der Waals surface area (Å²) >= 11 is 0. The van der Waals surface area contributed by atoms with Gasteiger partial charge in [-0.3, -0.25) is 0 Å². The highest BCUT2D eigenvalue weighted by Crippen LogP contribution is 2.41. The molecule has 0 radical (unpaired) electrons. The summed E-state index contributed by atoms with van der Waals surface area (Å²) in [5, 5.41) is 9.98. The third-order valence-corrected chi connectivity index (χ3v) is 3.28. The summed E-state index contributed by atoms with van der Waals surface area (Å²) in [6.07, 6.45) is 4.07. The normalized spacial score (nSPS) is 16.8. The average molecular weight is 218 g/mol. The SMILES string of the molecule is Cc1c(C)c2c(c(C)c1O)C=CC(C)(C)O2. The lowest BCUT2D eigenvalue weighted by atomic mass is 9.93. The Morgan fingerprint density at radius 1 is 1.06 bits per heavy atom. The van der Waals surface area contributed by atoms with Crippen LogP contribution in [0.2, 0.25) is 0 Å². The van der Waals surface area contributed by atoms with Gasteiger partial charge in [0.15, 0.2) is 0 Å². The number of hydrogen-bond acceptors (Lipinski definition) is 2. The molecule has 86 valence electrons. The van der Waals surface area contributed by atoms with Crippen molar-refractivity contribution in [3.63, 3.8) is 0 Å². The molecule has 1 aromatic rings. The zero-order valence-electron chi connectivity index (χ0n) is 10.5. The van der Waals surface area contributed by atoms with E-state index in [9.17, 15) is 5.11 Å². The van der Waals surface area contributed by atoms with Crippen LogP contribution in [0.4, 0.5) is 0 Å². The van der Waals surface area contributed by atoms with Crippen LogP contribution in [-0.4, -0.2) is 10.7 Å². The van der Waals surface area contributed by atoms with Crippen LogP contribution < -0.4 is 4.74 Å². The van der Waals surface area contributed by atoms with Gasteiger partial charge in [-0.05, 0) is 51.8 Å². The lowest BCUT2D eigenvalue weighted by Crippen LogP contribution is -2.28. The fourth-order valence-corrected chi connectivity index (χ4v) is 2.04. The largest absolute Gasteiger partial charge is 0.507 e. The number of hydrogen-bond donors (Lipinski definition) is 1. The predicted octanol–water partition coefficient (Wildman–Crippen LogP) is 3.50. The third kappa shape index (κ3) is 1.49. The lowest BCUT2D eigenvalue weighted by molar-refractivity contribution is 0.157. The van der Waals surface area contributed by atoms with E-state index in [0.29, 0.717) is 5.75 Å². The Labute approximate surface area is 96.6 Å². The van der Waals surface area contributed by atoms with Crippen LogP contribution in [0.25, 0.3) is 6.08 Å². The Kier molecular flexibility index (Phi) is 2.26. The van der Waals surface area contributed by atoms with Gasteiger partial charge >= 0.3 is 0 Å².